The van der Waals surface area contributed by atoms with Crippen LogP contribution in [-0.4, -0.2) is 23.7 Å². The van der Waals surface area contributed by atoms with Crippen molar-refractivity contribution in [2.24, 2.45) is 11.8 Å². The summed E-state index contributed by atoms with van der Waals surface area (Å²) in [5.41, 5.74) is 0. The third-order valence-electron chi connectivity index (χ3n) is 2.08. The summed E-state index contributed by atoms with van der Waals surface area (Å²) in [7, 11) is 0. The molecular weight excluding hydrogens is 130 g/mol. The fourth-order valence-corrected chi connectivity index (χ4v) is 1.72. The first kappa shape index (κ1) is 7.42. The first-order valence-corrected chi connectivity index (χ1v) is 4.71. The van der Waals surface area contributed by atoms with E-state index in [1.54, 1.807) is 0 Å². The molecule has 0 bridgehead atoms. The van der Waals surface area contributed by atoms with Crippen LogP contribution in [0, 0.1) is 11.8 Å². The molecule has 0 saturated carbocycles. The monoisotopic (exact) mass is 145 g/mol. The lowest BCUT2D eigenvalue weighted by Crippen LogP contribution is -2.44. The smallest absolute Gasteiger partial charge is 0.0133 e. The van der Waals surface area contributed by atoms with Gasteiger partial charge in [0.25, 0.3) is 0 Å². The van der Waals surface area contributed by atoms with Gasteiger partial charge in [0.15, 0.2) is 0 Å². The van der Waals surface area contributed by atoms with E-state index < -0.39 is 0 Å². The molecule has 9 heavy (non-hydrogen) atoms. The Hall–Kier alpha value is 0.310. The average molecular weight is 145 g/mol. The van der Waals surface area contributed by atoms with Gasteiger partial charge in [-0.2, -0.15) is 0 Å². The van der Waals surface area contributed by atoms with Crippen molar-refractivity contribution in [3.63, 3.8) is 0 Å². The summed E-state index contributed by atoms with van der Waals surface area (Å²) in [6.45, 7) is 7.22. The molecule has 0 N–H and O–H groups in total. The van der Waals surface area contributed by atoms with Gasteiger partial charge < -0.3 is 0 Å². The molecule has 1 saturated heterocycles. The molecule has 0 atom stereocenters. The van der Waals surface area contributed by atoms with Crippen LogP contribution >= 0.6 is 11.9 Å². The summed E-state index contributed by atoms with van der Waals surface area (Å²) in [4.78, 5) is 0. The second-order valence-corrected chi connectivity index (χ2v) is 3.92. The Kier molecular flexibility index (Phi) is 2.42. The van der Waals surface area contributed by atoms with Gasteiger partial charge in [-0.15, -0.1) is 0 Å². The van der Waals surface area contributed by atoms with Crippen LogP contribution in [0.3, 0.4) is 0 Å². The minimum atomic E-state index is 0.883. The zero-order valence-electron chi connectivity index (χ0n) is 6.42. The van der Waals surface area contributed by atoms with Crippen molar-refractivity contribution in [3.05, 3.63) is 0 Å². The van der Waals surface area contributed by atoms with Crippen LogP contribution in [0.4, 0.5) is 0 Å². The fraction of sp³-hybridized carbons (Fsp3) is 1.00. The van der Waals surface area contributed by atoms with Gasteiger partial charge in [-0.25, -0.2) is 0 Å². The lowest BCUT2D eigenvalue weighted by Gasteiger charge is -2.39. The second kappa shape index (κ2) is 2.93. The molecule has 0 aliphatic carbocycles. The van der Waals surface area contributed by atoms with Crippen LogP contribution in [0.15, 0.2) is 0 Å². The van der Waals surface area contributed by atoms with E-state index in [1.165, 1.54) is 13.1 Å². The summed E-state index contributed by atoms with van der Waals surface area (Å²) >= 11 is 1.87. The molecule has 0 aromatic carbocycles. The van der Waals surface area contributed by atoms with Crippen LogP contribution in [0.2, 0.25) is 0 Å². The van der Waals surface area contributed by atoms with E-state index in [0.29, 0.717) is 0 Å². The van der Waals surface area contributed by atoms with Gasteiger partial charge >= 0.3 is 0 Å². The Morgan fingerprint density at radius 1 is 1.44 bits per heavy atom. The van der Waals surface area contributed by atoms with E-state index in [2.05, 4.69) is 24.4 Å². The summed E-state index contributed by atoms with van der Waals surface area (Å²) < 4.78 is 2.41. The molecule has 1 rings (SSSR count). The Morgan fingerprint density at radius 2 is 2.00 bits per heavy atom. The van der Waals surface area contributed by atoms with Crippen molar-refractivity contribution in [2.75, 3.05) is 19.3 Å². The average Bonchev–Trinajstić information content (AvgIpc) is 1.61. The third-order valence-corrected chi connectivity index (χ3v) is 2.89. The van der Waals surface area contributed by atoms with Crippen molar-refractivity contribution in [3.8, 4) is 0 Å². The van der Waals surface area contributed by atoms with E-state index >= 15 is 0 Å². The molecule has 1 fully saturated rings. The van der Waals surface area contributed by atoms with Gasteiger partial charge in [-0.05, 0) is 18.1 Å². The van der Waals surface area contributed by atoms with Gasteiger partial charge in [0.1, 0.15) is 0 Å². The molecule has 0 unspecified atom stereocenters. The minimum Gasteiger partial charge on any atom is -0.250 e. The van der Waals surface area contributed by atoms with E-state index in [1.807, 2.05) is 11.9 Å². The summed E-state index contributed by atoms with van der Waals surface area (Å²) in [5, 5.41) is 0. The van der Waals surface area contributed by atoms with Crippen LogP contribution < -0.4 is 0 Å². The molecule has 0 aromatic heterocycles. The highest BCUT2D eigenvalue weighted by molar-refractivity contribution is 7.96. The van der Waals surface area contributed by atoms with Crippen LogP contribution in [0.1, 0.15) is 13.8 Å². The predicted octanol–water partition coefficient (Wildman–Crippen LogP) is 1.85. The van der Waals surface area contributed by atoms with E-state index in [9.17, 15) is 0 Å². The van der Waals surface area contributed by atoms with E-state index in [0.717, 1.165) is 11.8 Å². The van der Waals surface area contributed by atoms with Crippen LogP contribution in [-0.2, 0) is 0 Å². The molecule has 1 heterocycles. The molecule has 0 aromatic rings. The molecule has 0 amide bonds. The zero-order valence-corrected chi connectivity index (χ0v) is 7.24. The molecule has 1 aliphatic rings. The number of rotatable bonds is 2. The van der Waals surface area contributed by atoms with Crippen molar-refractivity contribution < 1.29 is 0 Å². The van der Waals surface area contributed by atoms with Crippen molar-refractivity contribution in [1.82, 2.24) is 4.31 Å². The molecule has 0 radical (unpaired) electrons. The summed E-state index contributed by atoms with van der Waals surface area (Å²) in [6.07, 6.45) is 2.15. The fourth-order valence-electron chi connectivity index (χ4n) is 1.04. The highest BCUT2D eigenvalue weighted by Gasteiger charge is 2.27. The topological polar surface area (TPSA) is 3.24 Å². The SMILES string of the molecule is CSN1CC(C(C)C)C1. The van der Waals surface area contributed by atoms with Gasteiger partial charge in [-0.3, -0.25) is 4.31 Å². The number of nitrogens with zero attached hydrogens (tertiary/aromatic N) is 1. The summed E-state index contributed by atoms with van der Waals surface area (Å²) in [5.74, 6) is 1.85. The minimum absolute atomic E-state index is 0.883. The quantitative estimate of drug-likeness (QED) is 0.546. The summed E-state index contributed by atoms with van der Waals surface area (Å²) in [6, 6.07) is 0. The maximum Gasteiger partial charge on any atom is 0.0133 e. The highest BCUT2D eigenvalue weighted by atomic mass is 32.2. The molecule has 54 valence electrons. The molecular formula is C7H15NS. The van der Waals surface area contributed by atoms with Crippen LogP contribution in [0.25, 0.3) is 0 Å². The largest absolute Gasteiger partial charge is 0.250 e. The van der Waals surface area contributed by atoms with E-state index in [4.69, 9.17) is 0 Å². The van der Waals surface area contributed by atoms with Gasteiger partial charge in [0.05, 0.1) is 0 Å². The van der Waals surface area contributed by atoms with Gasteiger partial charge in [-0.1, -0.05) is 25.8 Å². The number of hydrogen-bond donors (Lipinski definition) is 0. The van der Waals surface area contributed by atoms with Crippen molar-refractivity contribution >= 4 is 11.9 Å². The number of hydrogen-bond acceptors (Lipinski definition) is 2. The van der Waals surface area contributed by atoms with Crippen LogP contribution in [0.5, 0.6) is 0 Å². The second-order valence-electron chi connectivity index (χ2n) is 3.03. The standard InChI is InChI=1S/C7H15NS/c1-6(2)7-4-8(5-7)9-3/h6-7H,4-5H2,1-3H3. The normalized spacial score (nSPS) is 22.7. The van der Waals surface area contributed by atoms with Crippen molar-refractivity contribution in [2.45, 2.75) is 13.8 Å². The van der Waals surface area contributed by atoms with Gasteiger partial charge in [0.2, 0.25) is 0 Å². The van der Waals surface area contributed by atoms with E-state index in [-0.39, 0.29) is 0 Å². The predicted molar refractivity (Wildman–Crippen MR) is 43.4 cm³/mol. The first-order valence-electron chi connectivity index (χ1n) is 3.53. The van der Waals surface area contributed by atoms with Crippen molar-refractivity contribution in [1.29, 1.82) is 0 Å². The molecule has 1 aliphatic heterocycles. The molecule has 0 spiro atoms. The Labute approximate surface area is 61.9 Å². The Bertz CT molecular complexity index is 86.9. The highest BCUT2D eigenvalue weighted by Crippen LogP contribution is 2.27. The lowest BCUT2D eigenvalue weighted by molar-refractivity contribution is 0.166. The molecule has 2 heteroatoms. The lowest BCUT2D eigenvalue weighted by atomic mass is 9.91. The van der Waals surface area contributed by atoms with Gasteiger partial charge in [0, 0.05) is 13.1 Å². The Balaban J connectivity index is 2.12. The maximum atomic E-state index is 2.41. The first-order chi connectivity index (χ1) is 4.24. The zero-order chi connectivity index (χ0) is 6.85. The Morgan fingerprint density at radius 3 is 2.33 bits per heavy atom. The third kappa shape index (κ3) is 1.62. The maximum absolute atomic E-state index is 2.41. The molecule has 1 nitrogen and oxygen atoms in total.